The van der Waals surface area contributed by atoms with Gasteiger partial charge in [0.05, 0.1) is 5.75 Å². The van der Waals surface area contributed by atoms with Crippen LogP contribution in [0.1, 0.15) is 27.7 Å². The molecule has 1 heterocycles. The Kier molecular flexibility index (Phi) is 5.95. The Balaban J connectivity index is 2.56. The maximum atomic E-state index is 11.7. The normalized spacial score (nSPS) is 11.0. The Labute approximate surface area is 127 Å². The molecule has 8 heteroatoms. The van der Waals surface area contributed by atoms with Crippen LogP contribution in [0.3, 0.4) is 0 Å². The fraction of sp³-hybridized carbons (Fsp3) is 0.538. The Morgan fingerprint density at radius 2 is 2.05 bits per heavy atom. The van der Waals surface area contributed by atoms with Crippen molar-refractivity contribution in [1.82, 2.24) is 20.2 Å². The van der Waals surface area contributed by atoms with E-state index in [4.69, 9.17) is 0 Å². The molecule has 0 saturated carbocycles. The molecule has 0 saturated heterocycles. The Morgan fingerprint density at radius 3 is 2.62 bits per heavy atom. The average molecular weight is 312 g/mol. The van der Waals surface area contributed by atoms with E-state index < -0.39 is 17.5 Å². The highest BCUT2D eigenvalue weighted by atomic mass is 32.2. The minimum atomic E-state index is -0.540. The van der Waals surface area contributed by atoms with Gasteiger partial charge in [0.2, 0.25) is 5.91 Å². The van der Waals surface area contributed by atoms with E-state index in [1.807, 2.05) is 27.7 Å². The average Bonchev–Trinajstić information content (AvgIpc) is 2.34. The van der Waals surface area contributed by atoms with Crippen LogP contribution in [0.15, 0.2) is 22.2 Å². The Morgan fingerprint density at radius 1 is 1.38 bits per heavy atom. The molecule has 0 unspecified atom stereocenters. The zero-order chi connectivity index (χ0) is 16.0. The first kappa shape index (κ1) is 17.2. The number of thioether (sulfide) groups is 1. The largest absolute Gasteiger partial charge is 0.333 e. The van der Waals surface area contributed by atoms with E-state index in [0.29, 0.717) is 11.7 Å². The number of imide groups is 1. The molecule has 3 amide bonds. The predicted octanol–water partition coefficient (Wildman–Crippen LogP) is 0.980. The molecule has 2 N–H and O–H groups in total. The highest BCUT2D eigenvalue weighted by molar-refractivity contribution is 7.99. The summed E-state index contributed by atoms with van der Waals surface area (Å²) in [4.78, 5) is 38.3. The SMILES string of the molecule is CCn1ccc(=O)nc1SCC(=O)NC(=O)NC(C)(C)C. The van der Waals surface area contributed by atoms with Crippen molar-refractivity contribution in [2.75, 3.05) is 5.75 Å². The second-order valence-electron chi connectivity index (χ2n) is 5.38. The summed E-state index contributed by atoms with van der Waals surface area (Å²) >= 11 is 1.11. The molecule has 0 fully saturated rings. The quantitative estimate of drug-likeness (QED) is 0.638. The van der Waals surface area contributed by atoms with E-state index >= 15 is 0 Å². The van der Waals surface area contributed by atoms with Gasteiger partial charge in [0.25, 0.3) is 5.56 Å². The van der Waals surface area contributed by atoms with Gasteiger partial charge in [-0.3, -0.25) is 14.9 Å². The van der Waals surface area contributed by atoms with E-state index in [1.165, 1.54) is 6.07 Å². The zero-order valence-corrected chi connectivity index (χ0v) is 13.4. The first-order valence-corrected chi connectivity index (χ1v) is 7.52. The van der Waals surface area contributed by atoms with E-state index in [0.717, 1.165) is 11.8 Å². The van der Waals surface area contributed by atoms with Gasteiger partial charge in [-0.25, -0.2) is 4.79 Å². The molecule has 0 bridgehead atoms. The minimum absolute atomic E-state index is 0.00795. The first-order valence-electron chi connectivity index (χ1n) is 6.53. The number of nitrogens with zero attached hydrogens (tertiary/aromatic N) is 2. The van der Waals surface area contributed by atoms with Crippen LogP contribution in [0, 0.1) is 0 Å². The highest BCUT2D eigenvalue weighted by Gasteiger charge is 2.16. The van der Waals surface area contributed by atoms with Crippen molar-refractivity contribution in [3.63, 3.8) is 0 Å². The molecule has 0 radical (unpaired) electrons. The lowest BCUT2D eigenvalue weighted by molar-refractivity contribution is -0.117. The molecule has 1 rings (SSSR count). The summed E-state index contributed by atoms with van der Waals surface area (Å²) in [6, 6.07) is 0.826. The third-order valence-electron chi connectivity index (χ3n) is 2.26. The molecule has 1 aromatic heterocycles. The van der Waals surface area contributed by atoms with Crippen LogP contribution in [0.2, 0.25) is 0 Å². The monoisotopic (exact) mass is 312 g/mol. The summed E-state index contributed by atoms with van der Waals surface area (Å²) in [6.07, 6.45) is 1.63. The van der Waals surface area contributed by atoms with Crippen LogP contribution in [0.5, 0.6) is 0 Å². The van der Waals surface area contributed by atoms with Crippen LogP contribution < -0.4 is 16.2 Å². The number of nitrogens with one attached hydrogen (secondary N) is 2. The number of urea groups is 1. The second kappa shape index (κ2) is 7.26. The summed E-state index contributed by atoms with van der Waals surface area (Å²) < 4.78 is 1.76. The van der Waals surface area contributed by atoms with Crippen molar-refractivity contribution >= 4 is 23.7 Å². The van der Waals surface area contributed by atoms with Crippen LogP contribution >= 0.6 is 11.8 Å². The fourth-order valence-corrected chi connectivity index (χ4v) is 2.28. The van der Waals surface area contributed by atoms with Crippen molar-refractivity contribution in [3.05, 3.63) is 22.6 Å². The molecule has 21 heavy (non-hydrogen) atoms. The summed E-state index contributed by atoms with van der Waals surface area (Å²) in [5, 5.41) is 5.32. The Hall–Kier alpha value is -1.83. The lowest BCUT2D eigenvalue weighted by atomic mass is 10.1. The van der Waals surface area contributed by atoms with Gasteiger partial charge >= 0.3 is 6.03 Å². The summed E-state index contributed by atoms with van der Waals surface area (Å²) in [5.41, 5.74) is -0.769. The van der Waals surface area contributed by atoms with Crippen LogP contribution in [0.25, 0.3) is 0 Å². The predicted molar refractivity (Wildman–Crippen MR) is 81.3 cm³/mol. The van der Waals surface area contributed by atoms with Crippen molar-refractivity contribution in [3.8, 4) is 0 Å². The molecule has 7 nitrogen and oxygen atoms in total. The fourth-order valence-electron chi connectivity index (χ4n) is 1.43. The number of aryl methyl sites for hydroxylation is 1. The smallest absolute Gasteiger partial charge is 0.321 e. The Bertz CT molecular complexity index is 578. The maximum absolute atomic E-state index is 11.7. The lowest BCUT2D eigenvalue weighted by Crippen LogP contribution is -2.48. The molecule has 0 spiro atoms. The molecule has 0 aliphatic heterocycles. The minimum Gasteiger partial charge on any atom is -0.333 e. The maximum Gasteiger partial charge on any atom is 0.321 e. The first-order chi connectivity index (χ1) is 9.71. The number of carbonyl (C=O) groups is 2. The zero-order valence-electron chi connectivity index (χ0n) is 12.6. The summed E-state index contributed by atoms with van der Waals surface area (Å²) in [6.45, 7) is 8.01. The number of rotatable bonds is 4. The van der Waals surface area contributed by atoms with Gasteiger partial charge in [-0.05, 0) is 27.7 Å². The van der Waals surface area contributed by atoms with Gasteiger partial charge in [0, 0.05) is 24.3 Å². The second-order valence-corrected chi connectivity index (χ2v) is 6.32. The van der Waals surface area contributed by atoms with Crippen molar-refractivity contribution in [2.24, 2.45) is 0 Å². The van der Waals surface area contributed by atoms with Crippen molar-refractivity contribution in [1.29, 1.82) is 0 Å². The molecular weight excluding hydrogens is 292 g/mol. The van der Waals surface area contributed by atoms with E-state index in [1.54, 1.807) is 10.8 Å². The molecule has 116 valence electrons. The molecule has 1 aromatic rings. The van der Waals surface area contributed by atoms with E-state index in [2.05, 4.69) is 15.6 Å². The van der Waals surface area contributed by atoms with E-state index in [-0.39, 0.29) is 11.3 Å². The van der Waals surface area contributed by atoms with Crippen LogP contribution in [-0.2, 0) is 11.3 Å². The number of amides is 3. The number of hydrogen-bond acceptors (Lipinski definition) is 5. The van der Waals surface area contributed by atoms with Gasteiger partial charge in [-0.15, -0.1) is 0 Å². The number of aromatic nitrogens is 2. The lowest BCUT2D eigenvalue weighted by Gasteiger charge is -2.20. The molecule has 0 aliphatic rings. The van der Waals surface area contributed by atoms with Gasteiger partial charge in [0.1, 0.15) is 0 Å². The standard InChI is InChI=1S/C13H20N4O3S/c1-5-17-7-6-9(18)15-12(17)21-8-10(19)14-11(20)16-13(2,3)4/h6-7H,5,8H2,1-4H3,(H2,14,16,19,20). The van der Waals surface area contributed by atoms with Crippen LogP contribution in [0.4, 0.5) is 4.79 Å². The van der Waals surface area contributed by atoms with Crippen molar-refractivity contribution in [2.45, 2.75) is 44.9 Å². The molecular formula is C13H20N4O3S. The topological polar surface area (TPSA) is 93.1 Å². The number of hydrogen-bond donors (Lipinski definition) is 2. The van der Waals surface area contributed by atoms with Gasteiger partial charge < -0.3 is 9.88 Å². The molecule has 0 aromatic carbocycles. The van der Waals surface area contributed by atoms with E-state index in [9.17, 15) is 14.4 Å². The van der Waals surface area contributed by atoms with Crippen molar-refractivity contribution < 1.29 is 9.59 Å². The number of carbonyl (C=O) groups excluding carboxylic acids is 2. The van der Waals surface area contributed by atoms with Gasteiger partial charge in [-0.1, -0.05) is 11.8 Å². The van der Waals surface area contributed by atoms with Gasteiger partial charge in [0.15, 0.2) is 5.16 Å². The third-order valence-corrected chi connectivity index (χ3v) is 3.25. The van der Waals surface area contributed by atoms with Crippen LogP contribution in [-0.4, -0.2) is 32.8 Å². The summed E-state index contributed by atoms with van der Waals surface area (Å²) in [5.74, 6) is -0.434. The molecule has 0 atom stereocenters. The third kappa shape index (κ3) is 6.44. The molecule has 0 aliphatic carbocycles. The van der Waals surface area contributed by atoms with Gasteiger partial charge in [-0.2, -0.15) is 4.98 Å². The highest BCUT2D eigenvalue weighted by Crippen LogP contribution is 2.13. The summed E-state index contributed by atoms with van der Waals surface area (Å²) in [7, 11) is 0.